The van der Waals surface area contributed by atoms with Crippen LogP contribution < -0.4 is 10.2 Å². The Hall–Kier alpha value is -2.50. The molecule has 3 rings (SSSR count). The SMILES string of the molecule is CCC1=C(Cl)N=C(C(=O)N[C@@H]2CCN(c3nc(/C=N/OC)c(C(=O)O)s3)C[C@@H]2OC)C1. The van der Waals surface area contributed by atoms with E-state index in [1.54, 1.807) is 7.11 Å². The van der Waals surface area contributed by atoms with Crippen LogP contribution in [0.5, 0.6) is 0 Å². The van der Waals surface area contributed by atoms with Crippen LogP contribution in [0, 0.1) is 0 Å². The van der Waals surface area contributed by atoms with Gasteiger partial charge in [-0.3, -0.25) is 4.79 Å². The highest BCUT2D eigenvalue weighted by Crippen LogP contribution is 2.29. The van der Waals surface area contributed by atoms with Gasteiger partial charge in [0.05, 0.1) is 18.4 Å². The number of rotatable bonds is 8. The molecule has 1 aromatic heterocycles. The predicted molar refractivity (Wildman–Crippen MR) is 118 cm³/mol. The van der Waals surface area contributed by atoms with Crippen molar-refractivity contribution in [2.45, 2.75) is 38.3 Å². The zero-order valence-corrected chi connectivity index (χ0v) is 19.0. The van der Waals surface area contributed by atoms with Gasteiger partial charge in [-0.25, -0.2) is 14.8 Å². The van der Waals surface area contributed by atoms with Crippen molar-refractivity contribution in [1.29, 1.82) is 0 Å². The van der Waals surface area contributed by atoms with E-state index in [1.165, 1.54) is 13.3 Å². The number of aliphatic imine (C=N–C) groups is 1. The number of thiazole rings is 1. The summed E-state index contributed by atoms with van der Waals surface area (Å²) in [6, 6.07) is -0.214. The fourth-order valence-electron chi connectivity index (χ4n) is 3.46. The van der Waals surface area contributed by atoms with Crippen molar-refractivity contribution in [3.8, 4) is 0 Å². The number of hydrogen-bond acceptors (Lipinski definition) is 9. The van der Waals surface area contributed by atoms with Crippen LogP contribution in [0.15, 0.2) is 20.9 Å². The van der Waals surface area contributed by atoms with E-state index in [0.29, 0.717) is 41.9 Å². The van der Waals surface area contributed by atoms with Crippen LogP contribution in [0.3, 0.4) is 0 Å². The number of carboxylic acids is 1. The quantitative estimate of drug-likeness (QED) is 0.339. The van der Waals surface area contributed by atoms with E-state index >= 15 is 0 Å². The Bertz CT molecular complexity index is 944. The number of piperidine rings is 1. The van der Waals surface area contributed by atoms with Crippen LogP contribution in [0.1, 0.15) is 41.6 Å². The summed E-state index contributed by atoms with van der Waals surface area (Å²) < 4.78 is 5.61. The fourth-order valence-corrected chi connectivity index (χ4v) is 4.67. The second-order valence-corrected chi connectivity index (χ2v) is 8.34. The van der Waals surface area contributed by atoms with Crippen molar-refractivity contribution < 1.29 is 24.3 Å². The molecule has 0 aromatic carbocycles. The number of carboxylic acid groups (broad SMARTS) is 1. The van der Waals surface area contributed by atoms with Gasteiger partial charge >= 0.3 is 5.97 Å². The smallest absolute Gasteiger partial charge is 0.348 e. The van der Waals surface area contributed by atoms with E-state index in [1.807, 2.05) is 11.8 Å². The summed E-state index contributed by atoms with van der Waals surface area (Å²) in [6.07, 6.45) is 2.78. The van der Waals surface area contributed by atoms with Gasteiger partial charge in [0.25, 0.3) is 5.91 Å². The number of carbonyl (C=O) groups excluding carboxylic acids is 1. The molecule has 0 unspecified atom stereocenters. The molecule has 2 aliphatic rings. The van der Waals surface area contributed by atoms with Gasteiger partial charge in [-0.2, -0.15) is 0 Å². The van der Waals surface area contributed by atoms with Crippen molar-refractivity contribution in [3.05, 3.63) is 21.3 Å². The Morgan fingerprint density at radius 2 is 2.23 bits per heavy atom. The molecule has 1 amide bonds. The molecule has 12 heteroatoms. The Kier molecular flexibility index (Phi) is 7.63. The molecule has 0 spiro atoms. The molecule has 2 atom stereocenters. The van der Waals surface area contributed by atoms with E-state index in [-0.39, 0.29) is 28.6 Å². The van der Waals surface area contributed by atoms with E-state index in [0.717, 1.165) is 23.3 Å². The monoisotopic (exact) mass is 469 g/mol. The number of nitrogens with one attached hydrogen (secondary N) is 1. The predicted octanol–water partition coefficient (Wildman–Crippen LogP) is 2.24. The Labute approximate surface area is 188 Å². The summed E-state index contributed by atoms with van der Waals surface area (Å²) in [5.74, 6) is -1.33. The van der Waals surface area contributed by atoms with E-state index in [2.05, 4.69) is 25.3 Å². The van der Waals surface area contributed by atoms with Gasteiger partial charge in [0, 0.05) is 26.6 Å². The maximum atomic E-state index is 12.7. The standard InChI is InChI=1S/C19H24ClN5O5S/c1-4-10-7-12(22-16(10)20)17(26)23-11-5-6-25(9-14(11)29-2)19-24-13(8-21-30-3)15(31-19)18(27)28/h8,11,14H,4-7,9H2,1-3H3,(H,23,26)(H,27,28)/b21-8+/t11-,14+/m1/s1. The lowest BCUT2D eigenvalue weighted by Crippen LogP contribution is -2.55. The molecule has 3 heterocycles. The van der Waals surface area contributed by atoms with Gasteiger partial charge in [-0.05, 0) is 18.4 Å². The average molecular weight is 470 g/mol. The maximum Gasteiger partial charge on any atom is 0.348 e. The van der Waals surface area contributed by atoms with Crippen molar-refractivity contribution in [2.75, 3.05) is 32.2 Å². The molecule has 2 aliphatic heterocycles. The van der Waals surface area contributed by atoms with Gasteiger partial charge in [0.15, 0.2) is 5.13 Å². The van der Waals surface area contributed by atoms with Gasteiger partial charge < -0.3 is 24.9 Å². The first-order valence-corrected chi connectivity index (χ1v) is 10.9. The number of methoxy groups -OCH3 is 1. The molecule has 1 fully saturated rings. The van der Waals surface area contributed by atoms with Crippen molar-refractivity contribution in [1.82, 2.24) is 10.3 Å². The van der Waals surface area contributed by atoms with E-state index in [9.17, 15) is 14.7 Å². The molecular formula is C19H24ClN5O5S. The Morgan fingerprint density at radius 1 is 1.45 bits per heavy atom. The molecule has 1 aromatic rings. The lowest BCUT2D eigenvalue weighted by molar-refractivity contribution is -0.116. The largest absolute Gasteiger partial charge is 0.477 e. The van der Waals surface area contributed by atoms with Crippen LogP contribution in [0.2, 0.25) is 0 Å². The summed E-state index contributed by atoms with van der Waals surface area (Å²) >= 11 is 7.15. The number of halogens is 1. The molecule has 168 valence electrons. The third-order valence-electron chi connectivity index (χ3n) is 5.16. The average Bonchev–Trinajstić information content (AvgIpc) is 3.36. The first-order chi connectivity index (χ1) is 14.9. The van der Waals surface area contributed by atoms with Gasteiger partial charge in [0.1, 0.15) is 28.5 Å². The Balaban J connectivity index is 1.67. The summed E-state index contributed by atoms with van der Waals surface area (Å²) in [6.45, 7) is 3.00. The fraction of sp³-hybridized carbons (Fsp3) is 0.526. The van der Waals surface area contributed by atoms with Gasteiger partial charge in [-0.15, -0.1) is 0 Å². The van der Waals surface area contributed by atoms with Gasteiger partial charge in [0.2, 0.25) is 0 Å². The van der Waals surface area contributed by atoms with Crippen LogP contribution in [0.4, 0.5) is 5.13 Å². The second kappa shape index (κ2) is 10.2. The molecular weight excluding hydrogens is 446 g/mol. The third-order valence-corrected chi connectivity index (χ3v) is 6.63. The lowest BCUT2D eigenvalue weighted by atomic mass is 10.0. The zero-order chi connectivity index (χ0) is 22.5. The third kappa shape index (κ3) is 5.23. The first kappa shape index (κ1) is 23.2. The molecule has 2 N–H and O–H groups in total. The number of carbonyl (C=O) groups is 2. The number of aromatic carboxylic acids is 1. The number of hydrogen-bond donors (Lipinski definition) is 2. The highest BCUT2D eigenvalue weighted by Gasteiger charge is 2.34. The topological polar surface area (TPSA) is 126 Å². The van der Waals surface area contributed by atoms with Crippen LogP contribution in [0.25, 0.3) is 0 Å². The number of allylic oxidation sites excluding steroid dienone is 1. The molecule has 0 radical (unpaired) electrons. The summed E-state index contributed by atoms with van der Waals surface area (Å²) in [7, 11) is 2.95. The summed E-state index contributed by atoms with van der Waals surface area (Å²) in [4.78, 5) is 39.4. The number of amides is 1. The lowest BCUT2D eigenvalue weighted by Gasteiger charge is -2.37. The molecule has 0 saturated carbocycles. The maximum absolute atomic E-state index is 12.7. The highest BCUT2D eigenvalue weighted by atomic mass is 35.5. The number of aromatic nitrogens is 1. The molecule has 0 bridgehead atoms. The molecule has 10 nitrogen and oxygen atoms in total. The van der Waals surface area contributed by atoms with Crippen LogP contribution in [-0.2, 0) is 14.4 Å². The zero-order valence-electron chi connectivity index (χ0n) is 17.4. The van der Waals surface area contributed by atoms with Crippen LogP contribution in [-0.4, -0.2) is 73.3 Å². The Morgan fingerprint density at radius 3 is 2.84 bits per heavy atom. The summed E-state index contributed by atoms with van der Waals surface area (Å²) in [5, 5.41) is 17.0. The molecule has 31 heavy (non-hydrogen) atoms. The van der Waals surface area contributed by atoms with Crippen molar-refractivity contribution >= 4 is 51.9 Å². The number of anilines is 1. The minimum Gasteiger partial charge on any atom is -0.477 e. The molecule has 0 aliphatic carbocycles. The van der Waals surface area contributed by atoms with Crippen molar-refractivity contribution in [3.63, 3.8) is 0 Å². The second-order valence-electron chi connectivity index (χ2n) is 7.01. The minimum absolute atomic E-state index is 0.0792. The number of oxime groups is 1. The summed E-state index contributed by atoms with van der Waals surface area (Å²) in [5.41, 5.74) is 1.59. The van der Waals surface area contributed by atoms with Gasteiger partial charge in [-0.1, -0.05) is 35.0 Å². The van der Waals surface area contributed by atoms with E-state index in [4.69, 9.17) is 16.3 Å². The number of ether oxygens (including phenoxy) is 1. The highest BCUT2D eigenvalue weighted by molar-refractivity contribution is 7.17. The molecule has 1 saturated heterocycles. The van der Waals surface area contributed by atoms with Crippen molar-refractivity contribution in [2.24, 2.45) is 10.1 Å². The van der Waals surface area contributed by atoms with Crippen LogP contribution >= 0.6 is 22.9 Å². The van der Waals surface area contributed by atoms with E-state index < -0.39 is 5.97 Å². The number of nitrogens with zero attached hydrogens (tertiary/aromatic N) is 4. The first-order valence-electron chi connectivity index (χ1n) is 9.72. The normalized spacial score (nSPS) is 21.5. The minimum atomic E-state index is -1.08.